The van der Waals surface area contributed by atoms with Crippen LogP contribution in [0.4, 0.5) is 15.8 Å². The van der Waals surface area contributed by atoms with Gasteiger partial charge in [0.15, 0.2) is 0 Å². The van der Waals surface area contributed by atoms with Crippen LogP contribution in [-0.2, 0) is 15.6 Å². The zero-order chi connectivity index (χ0) is 15.4. The van der Waals surface area contributed by atoms with E-state index in [1.807, 2.05) is 0 Å². The van der Waals surface area contributed by atoms with Crippen molar-refractivity contribution in [2.75, 3.05) is 11.1 Å². The first-order chi connectivity index (χ1) is 9.99. The van der Waals surface area contributed by atoms with E-state index in [4.69, 9.17) is 5.73 Å². The van der Waals surface area contributed by atoms with E-state index in [-0.39, 0.29) is 4.90 Å². The van der Waals surface area contributed by atoms with Gasteiger partial charge in [-0.25, -0.2) is 4.39 Å². The normalized spacial score (nSPS) is 13.4. The molecule has 0 bridgehead atoms. The Labute approximate surface area is 124 Å². The van der Waals surface area contributed by atoms with Crippen LogP contribution in [0.2, 0.25) is 0 Å². The van der Waals surface area contributed by atoms with Crippen molar-refractivity contribution in [3.05, 3.63) is 54.3 Å². The molecular weight excluding hydrogens is 291 g/mol. The molecule has 2 unspecified atom stereocenters. The molecule has 21 heavy (non-hydrogen) atoms. The molecule has 1 amide bonds. The molecule has 0 aliphatic carbocycles. The Morgan fingerprint density at radius 2 is 1.95 bits per heavy atom. The average molecular weight is 306 g/mol. The molecule has 6 heteroatoms. The molecule has 2 atom stereocenters. The number of amides is 1. The molecule has 0 aliphatic rings. The Bertz CT molecular complexity index is 691. The summed E-state index contributed by atoms with van der Waals surface area (Å²) in [5, 5.41) is 1.80. The van der Waals surface area contributed by atoms with Gasteiger partial charge in [0.2, 0.25) is 5.91 Å². The zero-order valence-electron chi connectivity index (χ0n) is 11.4. The van der Waals surface area contributed by atoms with Crippen molar-refractivity contribution in [3.8, 4) is 0 Å². The Balaban J connectivity index is 2.12. The fourth-order valence-electron chi connectivity index (χ4n) is 1.74. The highest BCUT2D eigenvalue weighted by Gasteiger charge is 2.22. The molecule has 0 radical (unpaired) electrons. The maximum atomic E-state index is 13.1. The topological polar surface area (TPSA) is 72.2 Å². The highest BCUT2D eigenvalue weighted by Crippen LogP contribution is 2.19. The van der Waals surface area contributed by atoms with E-state index in [2.05, 4.69) is 5.32 Å². The first kappa shape index (κ1) is 15.2. The molecule has 0 aliphatic heterocycles. The molecule has 0 saturated heterocycles. The van der Waals surface area contributed by atoms with Crippen LogP contribution in [0.1, 0.15) is 6.92 Å². The summed E-state index contributed by atoms with van der Waals surface area (Å²) in [5.74, 6) is -0.920. The number of nitrogens with two attached hydrogens (primary N) is 1. The second kappa shape index (κ2) is 6.49. The van der Waals surface area contributed by atoms with Crippen LogP contribution >= 0.6 is 0 Å². The van der Waals surface area contributed by atoms with Crippen molar-refractivity contribution in [1.29, 1.82) is 0 Å². The summed E-state index contributed by atoms with van der Waals surface area (Å²) in [6.45, 7) is 1.52. The first-order valence-corrected chi connectivity index (χ1v) is 7.52. The highest BCUT2D eigenvalue weighted by atomic mass is 32.2. The number of anilines is 2. The molecule has 0 aromatic heterocycles. The van der Waals surface area contributed by atoms with Crippen LogP contribution in [0.15, 0.2) is 53.4 Å². The Hall–Kier alpha value is -2.21. The van der Waals surface area contributed by atoms with Crippen molar-refractivity contribution < 1.29 is 13.4 Å². The molecule has 4 nitrogen and oxygen atoms in total. The smallest absolute Gasteiger partial charge is 0.240 e. The fourth-order valence-corrected chi connectivity index (χ4v) is 2.84. The third kappa shape index (κ3) is 3.66. The van der Waals surface area contributed by atoms with Crippen LogP contribution < -0.4 is 11.1 Å². The van der Waals surface area contributed by atoms with E-state index < -0.39 is 27.8 Å². The number of halogens is 1. The molecule has 110 valence electrons. The van der Waals surface area contributed by atoms with Gasteiger partial charge in [-0.05, 0) is 37.3 Å². The van der Waals surface area contributed by atoms with Gasteiger partial charge in [0, 0.05) is 4.90 Å². The maximum absolute atomic E-state index is 13.1. The second-order valence-corrected chi connectivity index (χ2v) is 6.25. The minimum atomic E-state index is -1.64. The van der Waals surface area contributed by atoms with Gasteiger partial charge in [0.25, 0.3) is 0 Å². The van der Waals surface area contributed by atoms with Crippen molar-refractivity contribution in [3.63, 3.8) is 0 Å². The van der Waals surface area contributed by atoms with Gasteiger partial charge in [-0.1, -0.05) is 18.2 Å². The molecule has 3 N–H and O–H groups in total. The van der Waals surface area contributed by atoms with Crippen molar-refractivity contribution in [1.82, 2.24) is 0 Å². The molecular formula is C15H15FN2O2S. The Kier molecular flexibility index (Phi) is 4.70. The van der Waals surface area contributed by atoms with Crippen LogP contribution in [0.5, 0.6) is 0 Å². The average Bonchev–Trinajstić information content (AvgIpc) is 2.48. The lowest BCUT2D eigenvalue weighted by atomic mass is 10.2. The summed E-state index contributed by atoms with van der Waals surface area (Å²) in [6, 6.07) is 12.2. The van der Waals surface area contributed by atoms with Gasteiger partial charge in [0.05, 0.1) is 22.2 Å². The third-order valence-corrected chi connectivity index (χ3v) is 4.51. The maximum Gasteiger partial charge on any atom is 0.240 e. The predicted molar refractivity (Wildman–Crippen MR) is 81.8 cm³/mol. The van der Waals surface area contributed by atoms with E-state index >= 15 is 0 Å². The SMILES string of the molecule is CC(C(=O)Nc1ccccc1N)S(=O)c1cccc(F)c1. The number of hydrogen-bond donors (Lipinski definition) is 2. The number of nitrogen functional groups attached to an aromatic ring is 1. The fraction of sp³-hybridized carbons (Fsp3) is 0.133. The molecule has 2 aromatic carbocycles. The number of nitrogens with one attached hydrogen (secondary N) is 1. The van der Waals surface area contributed by atoms with Gasteiger partial charge in [-0.3, -0.25) is 9.00 Å². The number of hydrogen-bond acceptors (Lipinski definition) is 3. The number of benzene rings is 2. The minimum Gasteiger partial charge on any atom is -0.397 e. The lowest BCUT2D eigenvalue weighted by Crippen LogP contribution is -2.29. The van der Waals surface area contributed by atoms with Gasteiger partial charge in [-0.15, -0.1) is 0 Å². The summed E-state index contributed by atoms with van der Waals surface area (Å²) >= 11 is 0. The number of rotatable bonds is 4. The highest BCUT2D eigenvalue weighted by molar-refractivity contribution is 7.86. The van der Waals surface area contributed by atoms with Crippen molar-refractivity contribution in [2.45, 2.75) is 17.1 Å². The first-order valence-electron chi connectivity index (χ1n) is 6.30. The van der Waals surface area contributed by atoms with E-state index in [1.54, 1.807) is 24.3 Å². The lowest BCUT2D eigenvalue weighted by Gasteiger charge is -2.13. The number of carbonyl (C=O) groups excluding carboxylic acids is 1. The van der Waals surface area contributed by atoms with Gasteiger partial charge >= 0.3 is 0 Å². The third-order valence-electron chi connectivity index (χ3n) is 2.94. The standard InChI is InChI=1S/C15H15FN2O2S/c1-10(21(20)12-6-4-5-11(16)9-12)15(19)18-14-8-3-2-7-13(14)17/h2-10H,17H2,1H3,(H,18,19). The van der Waals surface area contributed by atoms with Gasteiger partial charge in [-0.2, -0.15) is 0 Å². The summed E-state index contributed by atoms with van der Waals surface area (Å²) < 4.78 is 25.4. The Morgan fingerprint density at radius 1 is 1.24 bits per heavy atom. The molecule has 0 heterocycles. The molecule has 0 saturated carbocycles. The van der Waals surface area contributed by atoms with E-state index in [1.165, 1.54) is 25.1 Å². The van der Waals surface area contributed by atoms with E-state index in [0.717, 1.165) is 6.07 Å². The van der Waals surface area contributed by atoms with Crippen LogP contribution in [0, 0.1) is 5.82 Å². The summed E-state index contributed by atoms with van der Waals surface area (Å²) in [5.41, 5.74) is 6.62. The molecule has 0 fully saturated rings. The number of para-hydroxylation sites is 2. The molecule has 2 rings (SSSR count). The summed E-state index contributed by atoms with van der Waals surface area (Å²) in [6.07, 6.45) is 0. The van der Waals surface area contributed by atoms with Crippen LogP contribution in [0.25, 0.3) is 0 Å². The van der Waals surface area contributed by atoms with E-state index in [9.17, 15) is 13.4 Å². The van der Waals surface area contributed by atoms with Crippen LogP contribution in [-0.4, -0.2) is 15.4 Å². The summed E-state index contributed by atoms with van der Waals surface area (Å²) in [7, 11) is -1.64. The number of carbonyl (C=O) groups is 1. The molecule has 2 aromatic rings. The van der Waals surface area contributed by atoms with Gasteiger partial charge in [0.1, 0.15) is 11.1 Å². The van der Waals surface area contributed by atoms with Gasteiger partial charge < -0.3 is 11.1 Å². The minimum absolute atomic E-state index is 0.277. The van der Waals surface area contributed by atoms with E-state index in [0.29, 0.717) is 11.4 Å². The van der Waals surface area contributed by atoms with Crippen molar-refractivity contribution in [2.24, 2.45) is 0 Å². The largest absolute Gasteiger partial charge is 0.397 e. The zero-order valence-corrected chi connectivity index (χ0v) is 12.2. The predicted octanol–water partition coefficient (Wildman–Crippen LogP) is 2.54. The van der Waals surface area contributed by atoms with Crippen LogP contribution in [0.3, 0.4) is 0 Å². The van der Waals surface area contributed by atoms with Crippen molar-refractivity contribution >= 4 is 28.1 Å². The monoisotopic (exact) mass is 306 g/mol. The quantitative estimate of drug-likeness (QED) is 0.853. The summed E-state index contributed by atoms with van der Waals surface area (Å²) in [4.78, 5) is 12.4. The molecule has 0 spiro atoms. The Morgan fingerprint density at radius 3 is 2.62 bits per heavy atom. The second-order valence-electron chi connectivity index (χ2n) is 4.47. The lowest BCUT2D eigenvalue weighted by molar-refractivity contribution is -0.115.